The van der Waals surface area contributed by atoms with Crippen molar-refractivity contribution >= 4 is 40.9 Å². The van der Waals surface area contributed by atoms with Crippen molar-refractivity contribution < 1.29 is 18.8 Å². The van der Waals surface area contributed by atoms with Gasteiger partial charge in [0.15, 0.2) is 5.76 Å². The lowest BCUT2D eigenvalue weighted by Crippen LogP contribution is -2.44. The summed E-state index contributed by atoms with van der Waals surface area (Å²) in [5.41, 5.74) is 2.55. The van der Waals surface area contributed by atoms with Crippen LogP contribution < -0.4 is 15.5 Å². The van der Waals surface area contributed by atoms with Crippen LogP contribution in [0.15, 0.2) is 41.0 Å². The van der Waals surface area contributed by atoms with Gasteiger partial charge in [-0.1, -0.05) is 0 Å². The zero-order valence-corrected chi connectivity index (χ0v) is 16.7. The Morgan fingerprint density at radius 1 is 1.29 bits per heavy atom. The molecule has 1 atom stereocenters. The van der Waals surface area contributed by atoms with E-state index < -0.39 is 11.9 Å². The van der Waals surface area contributed by atoms with Crippen LogP contribution in [0.1, 0.15) is 29.5 Å². The Hall–Kier alpha value is -2.74. The monoisotopic (exact) mass is 401 g/mol. The van der Waals surface area contributed by atoms with Crippen molar-refractivity contribution in [1.82, 2.24) is 5.32 Å². The highest BCUT2D eigenvalue weighted by Gasteiger charge is 2.25. The van der Waals surface area contributed by atoms with E-state index in [1.54, 1.807) is 41.8 Å². The minimum Gasteiger partial charge on any atom is -0.459 e. The summed E-state index contributed by atoms with van der Waals surface area (Å²) in [5.74, 6) is 0.207. The second-order valence-corrected chi connectivity index (χ2v) is 7.52. The Balaban J connectivity index is 1.69. The van der Waals surface area contributed by atoms with Crippen molar-refractivity contribution in [3.8, 4) is 0 Å². The fourth-order valence-electron chi connectivity index (χ4n) is 3.18. The van der Waals surface area contributed by atoms with Gasteiger partial charge in [0.25, 0.3) is 5.91 Å². The second kappa shape index (κ2) is 8.97. The molecule has 148 valence electrons. The molecule has 3 rings (SSSR count). The molecule has 0 radical (unpaired) electrons. The maximum atomic E-state index is 12.8. The minimum absolute atomic E-state index is 0.00769. The summed E-state index contributed by atoms with van der Waals surface area (Å²) in [7, 11) is 0. The number of furan rings is 1. The molecular formula is C20H23N3O4S. The summed E-state index contributed by atoms with van der Waals surface area (Å²) in [4.78, 5) is 38.4. The van der Waals surface area contributed by atoms with E-state index in [9.17, 15) is 14.4 Å². The molecule has 1 aliphatic heterocycles. The second-order valence-electron chi connectivity index (χ2n) is 6.54. The first kappa shape index (κ1) is 20.0. The van der Waals surface area contributed by atoms with Crippen molar-refractivity contribution in [3.05, 3.63) is 47.9 Å². The molecule has 1 aliphatic rings. The maximum absolute atomic E-state index is 12.8. The number of fused-ring (bicyclic) bond motifs is 1. The van der Waals surface area contributed by atoms with Crippen LogP contribution in [-0.2, 0) is 16.0 Å². The first-order valence-electron chi connectivity index (χ1n) is 9.05. The number of amides is 3. The number of benzene rings is 1. The molecule has 2 N–H and O–H groups in total. The first-order chi connectivity index (χ1) is 13.5. The summed E-state index contributed by atoms with van der Waals surface area (Å²) in [6, 6.07) is 8.01. The molecule has 2 aromatic rings. The Morgan fingerprint density at radius 3 is 2.79 bits per heavy atom. The van der Waals surface area contributed by atoms with Crippen molar-refractivity contribution in [1.29, 1.82) is 0 Å². The zero-order valence-electron chi connectivity index (χ0n) is 15.9. The molecule has 3 amide bonds. The molecule has 0 unspecified atom stereocenters. The van der Waals surface area contributed by atoms with Crippen LogP contribution in [-0.4, -0.2) is 42.3 Å². The van der Waals surface area contributed by atoms with E-state index in [0.29, 0.717) is 18.7 Å². The third-order valence-corrected chi connectivity index (χ3v) is 5.24. The lowest BCUT2D eigenvalue weighted by molar-refractivity contribution is -0.118. The maximum Gasteiger partial charge on any atom is 0.287 e. The number of carbonyl (C=O) groups is 3. The molecule has 2 heterocycles. The summed E-state index contributed by atoms with van der Waals surface area (Å²) in [5, 5.41) is 5.62. The van der Waals surface area contributed by atoms with E-state index in [4.69, 9.17) is 4.42 Å². The highest BCUT2D eigenvalue weighted by Crippen LogP contribution is 2.30. The van der Waals surface area contributed by atoms with Crippen LogP contribution in [0.5, 0.6) is 0 Å². The van der Waals surface area contributed by atoms with E-state index in [0.717, 1.165) is 23.4 Å². The molecular weight excluding hydrogens is 378 g/mol. The van der Waals surface area contributed by atoms with Gasteiger partial charge in [-0.15, -0.1) is 0 Å². The molecule has 7 nitrogen and oxygen atoms in total. The van der Waals surface area contributed by atoms with Gasteiger partial charge >= 0.3 is 0 Å². The van der Waals surface area contributed by atoms with Crippen LogP contribution in [0.2, 0.25) is 0 Å². The standard InChI is InChI=1S/C20H23N3O4S/c1-13(24)23-9-7-14-12-15(5-6-17(14)23)21-19(25)16(8-11-28-2)22-20(26)18-4-3-10-27-18/h3-6,10,12,16H,7-9,11H2,1-2H3,(H,21,25)(H,22,26)/t16-/m1/s1. The molecule has 0 saturated heterocycles. The number of anilines is 2. The first-order valence-corrected chi connectivity index (χ1v) is 10.4. The molecule has 0 fully saturated rings. The summed E-state index contributed by atoms with van der Waals surface area (Å²) < 4.78 is 5.10. The van der Waals surface area contributed by atoms with Crippen molar-refractivity contribution in [2.45, 2.75) is 25.8 Å². The molecule has 1 aromatic heterocycles. The number of hydrogen-bond acceptors (Lipinski definition) is 5. The summed E-state index contributed by atoms with van der Waals surface area (Å²) in [6.07, 6.45) is 4.62. The Kier molecular flexibility index (Phi) is 6.41. The smallest absolute Gasteiger partial charge is 0.287 e. The van der Waals surface area contributed by atoms with Crippen LogP contribution in [0.4, 0.5) is 11.4 Å². The fourth-order valence-corrected chi connectivity index (χ4v) is 3.65. The van der Waals surface area contributed by atoms with Gasteiger partial charge in [0.2, 0.25) is 11.8 Å². The molecule has 8 heteroatoms. The number of nitrogens with one attached hydrogen (secondary N) is 2. The Labute approximate surface area is 167 Å². The average molecular weight is 401 g/mol. The summed E-state index contributed by atoms with van der Waals surface area (Å²) >= 11 is 1.61. The van der Waals surface area contributed by atoms with Crippen LogP contribution in [0.3, 0.4) is 0 Å². The minimum atomic E-state index is -0.674. The van der Waals surface area contributed by atoms with Gasteiger partial charge in [0.1, 0.15) is 6.04 Å². The highest BCUT2D eigenvalue weighted by atomic mass is 32.2. The predicted octanol–water partition coefficient (Wildman–Crippen LogP) is 2.68. The number of carbonyl (C=O) groups excluding carboxylic acids is 3. The van der Waals surface area contributed by atoms with Crippen molar-refractivity contribution in [2.24, 2.45) is 0 Å². The number of nitrogens with zero attached hydrogens (tertiary/aromatic N) is 1. The number of rotatable bonds is 7. The molecule has 0 spiro atoms. The quantitative estimate of drug-likeness (QED) is 0.744. The lowest BCUT2D eigenvalue weighted by atomic mass is 10.1. The lowest BCUT2D eigenvalue weighted by Gasteiger charge is -2.18. The zero-order chi connectivity index (χ0) is 20.1. The van der Waals surface area contributed by atoms with Crippen molar-refractivity contribution in [2.75, 3.05) is 28.8 Å². The van der Waals surface area contributed by atoms with Crippen LogP contribution >= 0.6 is 11.8 Å². The highest BCUT2D eigenvalue weighted by molar-refractivity contribution is 7.98. The molecule has 0 saturated carbocycles. The molecule has 0 aliphatic carbocycles. The average Bonchev–Trinajstić information content (AvgIpc) is 3.34. The normalized spacial score (nSPS) is 13.7. The van der Waals surface area contributed by atoms with E-state index in [-0.39, 0.29) is 17.6 Å². The predicted molar refractivity (Wildman–Crippen MR) is 110 cm³/mol. The molecule has 28 heavy (non-hydrogen) atoms. The largest absolute Gasteiger partial charge is 0.459 e. The van der Waals surface area contributed by atoms with Crippen molar-refractivity contribution in [3.63, 3.8) is 0 Å². The van der Waals surface area contributed by atoms with E-state index in [2.05, 4.69) is 10.6 Å². The number of hydrogen-bond donors (Lipinski definition) is 2. The van der Waals surface area contributed by atoms with Gasteiger partial charge in [0.05, 0.1) is 6.26 Å². The van der Waals surface area contributed by atoms with Gasteiger partial charge in [-0.2, -0.15) is 11.8 Å². The van der Waals surface area contributed by atoms with Gasteiger partial charge in [0, 0.05) is 24.8 Å². The summed E-state index contributed by atoms with van der Waals surface area (Å²) in [6.45, 7) is 2.19. The SMILES string of the molecule is CSCC[C@@H](NC(=O)c1ccco1)C(=O)Nc1ccc2c(c1)CCN2C(C)=O. The fraction of sp³-hybridized carbons (Fsp3) is 0.350. The third kappa shape index (κ3) is 4.56. The van der Waals surface area contributed by atoms with Crippen LogP contribution in [0, 0.1) is 0 Å². The Bertz CT molecular complexity index is 866. The molecule has 1 aromatic carbocycles. The van der Waals surface area contributed by atoms with E-state index >= 15 is 0 Å². The van der Waals surface area contributed by atoms with Gasteiger partial charge in [-0.05, 0) is 60.7 Å². The topological polar surface area (TPSA) is 91.7 Å². The van der Waals surface area contributed by atoms with Gasteiger partial charge < -0.3 is 20.0 Å². The van der Waals surface area contributed by atoms with Gasteiger partial charge in [-0.3, -0.25) is 14.4 Å². The van der Waals surface area contributed by atoms with Crippen LogP contribution in [0.25, 0.3) is 0 Å². The number of thioether (sulfide) groups is 1. The van der Waals surface area contributed by atoms with E-state index in [1.165, 1.54) is 6.26 Å². The van der Waals surface area contributed by atoms with E-state index in [1.807, 2.05) is 18.4 Å². The Morgan fingerprint density at radius 2 is 2.11 bits per heavy atom. The van der Waals surface area contributed by atoms with Gasteiger partial charge in [-0.25, -0.2) is 0 Å². The molecule has 0 bridgehead atoms. The third-order valence-electron chi connectivity index (χ3n) is 4.60.